The van der Waals surface area contributed by atoms with Gasteiger partial charge in [0.25, 0.3) is 0 Å². The van der Waals surface area contributed by atoms with Gasteiger partial charge in [-0.15, -0.1) is 5.11 Å². The van der Waals surface area contributed by atoms with Crippen LogP contribution in [0.25, 0.3) is 0 Å². The minimum atomic E-state index is -0.0900. The van der Waals surface area contributed by atoms with Crippen LogP contribution in [0.15, 0.2) is 52.7 Å². The maximum atomic E-state index is 9.58. The molecule has 0 aromatic heterocycles. The van der Waals surface area contributed by atoms with Crippen molar-refractivity contribution >= 4 is 11.4 Å². The first-order chi connectivity index (χ1) is 8.16. The average Bonchev–Trinajstić information content (AvgIpc) is 2.33. The Labute approximate surface area is 98.9 Å². The van der Waals surface area contributed by atoms with E-state index in [1.54, 1.807) is 13.0 Å². The Morgan fingerprint density at radius 2 is 1.59 bits per heavy atom. The zero-order chi connectivity index (χ0) is 12.3. The molecule has 0 aliphatic heterocycles. The molecule has 0 bridgehead atoms. The molecule has 86 valence electrons. The number of phenolic OH excluding ortho intramolecular Hbond substituents is 2. The smallest absolute Gasteiger partial charge is 0.146 e. The SMILES string of the molecule is Cc1cc(N=Nc2ccccc2)c(O)cc1O. The molecule has 0 heterocycles. The van der Waals surface area contributed by atoms with Crippen LogP contribution in [0.2, 0.25) is 0 Å². The highest BCUT2D eigenvalue weighted by atomic mass is 16.3. The molecule has 0 saturated heterocycles. The van der Waals surface area contributed by atoms with Crippen LogP contribution in [0.5, 0.6) is 11.5 Å². The van der Waals surface area contributed by atoms with Gasteiger partial charge in [-0.2, -0.15) is 5.11 Å². The predicted molar refractivity (Wildman–Crippen MR) is 65.1 cm³/mol. The van der Waals surface area contributed by atoms with E-state index in [0.29, 0.717) is 16.9 Å². The summed E-state index contributed by atoms with van der Waals surface area (Å²) in [6, 6.07) is 12.1. The number of azo groups is 1. The van der Waals surface area contributed by atoms with E-state index >= 15 is 0 Å². The molecule has 0 aliphatic carbocycles. The molecule has 4 nitrogen and oxygen atoms in total. The van der Waals surface area contributed by atoms with E-state index in [0.717, 1.165) is 0 Å². The molecule has 2 N–H and O–H groups in total. The van der Waals surface area contributed by atoms with Gasteiger partial charge in [0.05, 0.1) is 5.69 Å². The lowest BCUT2D eigenvalue weighted by Crippen LogP contribution is -1.75. The highest BCUT2D eigenvalue weighted by Crippen LogP contribution is 2.33. The minimum absolute atomic E-state index is 0.0427. The van der Waals surface area contributed by atoms with E-state index in [9.17, 15) is 10.2 Å². The largest absolute Gasteiger partial charge is 0.508 e. The number of aromatic hydroxyl groups is 2. The van der Waals surface area contributed by atoms with E-state index in [-0.39, 0.29) is 11.5 Å². The number of nitrogens with zero attached hydrogens (tertiary/aromatic N) is 2. The van der Waals surface area contributed by atoms with Crippen molar-refractivity contribution in [1.82, 2.24) is 0 Å². The Morgan fingerprint density at radius 1 is 0.882 bits per heavy atom. The molecule has 0 aliphatic rings. The van der Waals surface area contributed by atoms with Gasteiger partial charge in [0, 0.05) is 6.07 Å². The van der Waals surface area contributed by atoms with Crippen LogP contribution >= 0.6 is 0 Å². The third-order valence-electron chi connectivity index (χ3n) is 2.32. The minimum Gasteiger partial charge on any atom is -0.508 e. The maximum Gasteiger partial charge on any atom is 0.146 e. The summed E-state index contributed by atoms with van der Waals surface area (Å²) in [5.41, 5.74) is 1.69. The normalized spacial score (nSPS) is 10.9. The van der Waals surface area contributed by atoms with Gasteiger partial charge >= 0.3 is 0 Å². The fourth-order valence-corrected chi connectivity index (χ4v) is 1.36. The summed E-state index contributed by atoms with van der Waals surface area (Å²) >= 11 is 0. The molecule has 2 rings (SSSR count). The molecule has 0 radical (unpaired) electrons. The van der Waals surface area contributed by atoms with Gasteiger partial charge in [-0.25, -0.2) is 0 Å². The van der Waals surface area contributed by atoms with E-state index in [4.69, 9.17) is 0 Å². The lowest BCUT2D eigenvalue weighted by atomic mass is 10.2. The predicted octanol–water partition coefficient (Wildman–Crippen LogP) is 3.82. The van der Waals surface area contributed by atoms with Crippen molar-refractivity contribution in [2.75, 3.05) is 0 Å². The topological polar surface area (TPSA) is 65.2 Å². The second-order valence-corrected chi connectivity index (χ2v) is 3.66. The Kier molecular flexibility index (Phi) is 3.05. The summed E-state index contributed by atoms with van der Waals surface area (Å²) in [5.74, 6) is -0.0473. The van der Waals surface area contributed by atoms with Gasteiger partial charge in [0.15, 0.2) is 0 Å². The molecule has 2 aromatic rings. The quantitative estimate of drug-likeness (QED) is 0.767. The molecule has 0 fully saturated rings. The van der Waals surface area contributed by atoms with E-state index in [1.807, 2.05) is 30.3 Å². The van der Waals surface area contributed by atoms with Crippen LogP contribution in [0.1, 0.15) is 5.56 Å². The van der Waals surface area contributed by atoms with E-state index in [2.05, 4.69) is 10.2 Å². The van der Waals surface area contributed by atoms with Crippen molar-refractivity contribution in [3.63, 3.8) is 0 Å². The van der Waals surface area contributed by atoms with Crippen LogP contribution in [0.4, 0.5) is 11.4 Å². The van der Waals surface area contributed by atoms with Crippen molar-refractivity contribution in [1.29, 1.82) is 0 Å². The molecular weight excluding hydrogens is 216 g/mol. The highest BCUT2D eigenvalue weighted by Gasteiger charge is 2.04. The Balaban J connectivity index is 2.31. The first kappa shape index (κ1) is 11.1. The number of hydrogen-bond acceptors (Lipinski definition) is 4. The molecule has 4 heteroatoms. The first-order valence-corrected chi connectivity index (χ1v) is 5.16. The standard InChI is InChI=1S/C13H12N2O2/c1-9-7-11(13(17)8-12(9)16)15-14-10-5-3-2-4-6-10/h2-8,16-17H,1H3. The van der Waals surface area contributed by atoms with Crippen LogP contribution in [-0.4, -0.2) is 10.2 Å². The lowest BCUT2D eigenvalue weighted by molar-refractivity contribution is 0.448. The van der Waals surface area contributed by atoms with Crippen molar-refractivity contribution in [3.05, 3.63) is 48.0 Å². The van der Waals surface area contributed by atoms with Crippen LogP contribution in [-0.2, 0) is 0 Å². The molecule has 0 amide bonds. The summed E-state index contributed by atoms with van der Waals surface area (Å²) in [6.07, 6.45) is 0. The summed E-state index contributed by atoms with van der Waals surface area (Å²) < 4.78 is 0. The van der Waals surface area contributed by atoms with Gasteiger partial charge < -0.3 is 10.2 Å². The Hall–Kier alpha value is -2.36. The van der Waals surface area contributed by atoms with Crippen LogP contribution < -0.4 is 0 Å². The Morgan fingerprint density at radius 3 is 2.29 bits per heavy atom. The van der Waals surface area contributed by atoms with Gasteiger partial charge in [-0.1, -0.05) is 18.2 Å². The van der Waals surface area contributed by atoms with Crippen molar-refractivity contribution in [2.24, 2.45) is 10.2 Å². The molecule has 0 spiro atoms. The number of phenols is 2. The number of benzene rings is 2. The second kappa shape index (κ2) is 4.65. The van der Waals surface area contributed by atoms with E-state index < -0.39 is 0 Å². The molecule has 17 heavy (non-hydrogen) atoms. The molecule has 0 unspecified atom stereocenters. The summed E-state index contributed by atoms with van der Waals surface area (Å²) in [6.45, 7) is 1.73. The number of aryl methyl sites for hydroxylation is 1. The average molecular weight is 228 g/mol. The van der Waals surface area contributed by atoms with Crippen molar-refractivity contribution in [2.45, 2.75) is 6.92 Å². The fourth-order valence-electron chi connectivity index (χ4n) is 1.36. The maximum absolute atomic E-state index is 9.58. The Bertz CT molecular complexity index is 551. The number of hydrogen-bond donors (Lipinski definition) is 2. The monoisotopic (exact) mass is 228 g/mol. The van der Waals surface area contributed by atoms with Crippen LogP contribution in [0.3, 0.4) is 0 Å². The third kappa shape index (κ3) is 2.60. The fraction of sp³-hybridized carbons (Fsp3) is 0.0769. The highest BCUT2D eigenvalue weighted by molar-refractivity contribution is 5.57. The lowest BCUT2D eigenvalue weighted by Gasteiger charge is -2.02. The first-order valence-electron chi connectivity index (χ1n) is 5.16. The van der Waals surface area contributed by atoms with Crippen molar-refractivity contribution in [3.8, 4) is 11.5 Å². The van der Waals surface area contributed by atoms with Gasteiger partial charge in [-0.3, -0.25) is 0 Å². The van der Waals surface area contributed by atoms with Crippen molar-refractivity contribution < 1.29 is 10.2 Å². The van der Waals surface area contributed by atoms with E-state index in [1.165, 1.54) is 6.07 Å². The molecule has 0 atom stereocenters. The second-order valence-electron chi connectivity index (χ2n) is 3.66. The summed E-state index contributed by atoms with van der Waals surface area (Å²) in [4.78, 5) is 0. The number of rotatable bonds is 2. The zero-order valence-corrected chi connectivity index (χ0v) is 9.33. The molecule has 2 aromatic carbocycles. The zero-order valence-electron chi connectivity index (χ0n) is 9.33. The van der Waals surface area contributed by atoms with Gasteiger partial charge in [0.1, 0.15) is 17.2 Å². The summed E-state index contributed by atoms with van der Waals surface area (Å²) in [5, 5.41) is 26.9. The molecule has 0 saturated carbocycles. The summed E-state index contributed by atoms with van der Waals surface area (Å²) in [7, 11) is 0. The third-order valence-corrected chi connectivity index (χ3v) is 2.32. The van der Waals surface area contributed by atoms with Gasteiger partial charge in [0.2, 0.25) is 0 Å². The van der Waals surface area contributed by atoms with Crippen LogP contribution in [0, 0.1) is 6.92 Å². The van der Waals surface area contributed by atoms with Gasteiger partial charge in [-0.05, 0) is 30.7 Å². The molecular formula is C13H12N2O2.